The highest BCUT2D eigenvalue weighted by Crippen LogP contribution is 2.22. The molecule has 0 aliphatic carbocycles. The van der Waals surface area contributed by atoms with Gasteiger partial charge in [0.25, 0.3) is 5.91 Å². The van der Waals surface area contributed by atoms with Gasteiger partial charge in [0, 0.05) is 17.8 Å². The minimum atomic E-state index is -0.140. The topological polar surface area (TPSA) is 43.6 Å². The average molecular weight is 332 g/mol. The quantitative estimate of drug-likeness (QED) is 0.716. The molecule has 4 heteroatoms. The molecule has 0 bridgehead atoms. The van der Waals surface area contributed by atoms with Crippen LogP contribution in [-0.4, -0.2) is 16.5 Å². The fourth-order valence-electron chi connectivity index (χ4n) is 2.43. The molecule has 2 aromatic carbocycles. The van der Waals surface area contributed by atoms with Crippen LogP contribution in [0.4, 0.5) is 0 Å². The van der Waals surface area contributed by atoms with Crippen molar-refractivity contribution in [2.45, 2.75) is 19.9 Å². The second-order valence-electron chi connectivity index (χ2n) is 5.90. The fraction of sp³-hybridized carbons (Fsp3) is 0.143. The predicted octanol–water partition coefficient (Wildman–Crippen LogP) is 4.28. The maximum absolute atomic E-state index is 12.9. The molecule has 0 atom stereocenters. The van der Waals surface area contributed by atoms with Crippen LogP contribution in [0.15, 0.2) is 84.0 Å². The number of hydrogen-bond acceptors (Lipinski definition) is 3. The van der Waals surface area contributed by atoms with Crippen molar-refractivity contribution in [2.75, 3.05) is 0 Å². The average Bonchev–Trinajstić information content (AvgIpc) is 2.62. The minimum Gasteiger partial charge on any atom is -0.457 e. The van der Waals surface area contributed by atoms with E-state index in [1.54, 1.807) is 22.9 Å². The van der Waals surface area contributed by atoms with Gasteiger partial charge in [-0.1, -0.05) is 30.3 Å². The first-order valence-electron chi connectivity index (χ1n) is 8.23. The van der Waals surface area contributed by atoms with E-state index in [4.69, 9.17) is 4.74 Å². The lowest BCUT2D eigenvalue weighted by molar-refractivity contribution is 0.0954. The third-order valence-electron chi connectivity index (χ3n) is 3.51. The number of carbonyl (C=O) groups is 1. The predicted molar refractivity (Wildman–Crippen MR) is 97.8 cm³/mol. The summed E-state index contributed by atoms with van der Waals surface area (Å²) < 4.78 is 7.37. The molecule has 0 saturated heterocycles. The Morgan fingerprint density at radius 3 is 2.40 bits per heavy atom. The van der Waals surface area contributed by atoms with Crippen LogP contribution in [0.3, 0.4) is 0 Å². The lowest BCUT2D eigenvalue weighted by Crippen LogP contribution is -2.28. The van der Waals surface area contributed by atoms with Crippen molar-refractivity contribution in [3.05, 3.63) is 90.0 Å². The molecule has 3 rings (SSSR count). The summed E-state index contributed by atoms with van der Waals surface area (Å²) in [5.74, 6) is 1.21. The highest BCUT2D eigenvalue weighted by atomic mass is 16.5. The van der Waals surface area contributed by atoms with E-state index < -0.39 is 0 Å². The van der Waals surface area contributed by atoms with E-state index in [0.29, 0.717) is 16.8 Å². The maximum atomic E-state index is 12.9. The van der Waals surface area contributed by atoms with Crippen LogP contribution in [0, 0.1) is 0 Å². The van der Waals surface area contributed by atoms with Crippen molar-refractivity contribution in [1.29, 1.82) is 0 Å². The molecule has 0 saturated carbocycles. The summed E-state index contributed by atoms with van der Waals surface area (Å²) in [6.45, 7) is 3.96. The number of para-hydroxylation sites is 1. The standard InChI is InChI=1S/C21H20N2O2/c1-16(2)22-20-13-6-7-14-23(20)21(24)17-9-8-12-19(15-17)25-18-10-4-3-5-11-18/h3-16H,1-2H3. The molecule has 0 radical (unpaired) electrons. The summed E-state index contributed by atoms with van der Waals surface area (Å²) in [6.07, 6.45) is 1.73. The van der Waals surface area contributed by atoms with E-state index >= 15 is 0 Å². The van der Waals surface area contributed by atoms with Crippen LogP contribution in [0.5, 0.6) is 11.5 Å². The third kappa shape index (κ3) is 4.23. The van der Waals surface area contributed by atoms with E-state index in [2.05, 4.69) is 4.99 Å². The molecule has 0 N–H and O–H groups in total. The molecule has 0 aliphatic heterocycles. The van der Waals surface area contributed by atoms with Crippen molar-refractivity contribution in [3.8, 4) is 11.5 Å². The summed E-state index contributed by atoms with van der Waals surface area (Å²) in [4.78, 5) is 17.4. The van der Waals surface area contributed by atoms with E-state index in [9.17, 15) is 4.79 Å². The largest absolute Gasteiger partial charge is 0.457 e. The Morgan fingerprint density at radius 1 is 0.920 bits per heavy atom. The summed E-state index contributed by atoms with van der Waals surface area (Å²) in [6, 6.07) is 22.3. The lowest BCUT2D eigenvalue weighted by atomic mass is 10.2. The Labute approximate surface area is 147 Å². The van der Waals surface area contributed by atoms with Gasteiger partial charge in [-0.15, -0.1) is 0 Å². The van der Waals surface area contributed by atoms with Gasteiger partial charge in [-0.05, 0) is 56.3 Å². The van der Waals surface area contributed by atoms with Crippen molar-refractivity contribution >= 4 is 5.91 Å². The van der Waals surface area contributed by atoms with Gasteiger partial charge >= 0.3 is 0 Å². The van der Waals surface area contributed by atoms with Crippen LogP contribution in [-0.2, 0) is 0 Å². The third-order valence-corrected chi connectivity index (χ3v) is 3.51. The monoisotopic (exact) mass is 332 g/mol. The summed E-state index contributed by atoms with van der Waals surface area (Å²) in [7, 11) is 0. The van der Waals surface area contributed by atoms with Gasteiger partial charge in [-0.2, -0.15) is 0 Å². The van der Waals surface area contributed by atoms with Gasteiger partial charge in [-0.25, -0.2) is 0 Å². The van der Waals surface area contributed by atoms with Crippen LogP contribution in [0.25, 0.3) is 0 Å². The molecule has 0 amide bonds. The zero-order chi connectivity index (χ0) is 17.6. The van der Waals surface area contributed by atoms with Crippen LogP contribution in [0.1, 0.15) is 24.2 Å². The zero-order valence-electron chi connectivity index (χ0n) is 14.3. The van der Waals surface area contributed by atoms with Gasteiger partial charge < -0.3 is 4.74 Å². The molecule has 3 aromatic rings. The number of pyridine rings is 1. The Balaban J connectivity index is 1.93. The van der Waals surface area contributed by atoms with Crippen molar-refractivity contribution in [2.24, 2.45) is 4.99 Å². The van der Waals surface area contributed by atoms with Crippen molar-refractivity contribution in [1.82, 2.24) is 4.57 Å². The molecule has 0 fully saturated rings. The number of nitrogens with zero attached hydrogens (tertiary/aromatic N) is 2. The lowest BCUT2D eigenvalue weighted by Gasteiger charge is -2.09. The molecule has 0 aliphatic rings. The molecule has 126 valence electrons. The summed E-state index contributed by atoms with van der Waals surface area (Å²) >= 11 is 0. The Hall–Kier alpha value is -3.14. The molecule has 25 heavy (non-hydrogen) atoms. The highest BCUT2D eigenvalue weighted by molar-refractivity contribution is 5.96. The van der Waals surface area contributed by atoms with Crippen molar-refractivity contribution in [3.63, 3.8) is 0 Å². The Morgan fingerprint density at radius 2 is 1.64 bits per heavy atom. The number of ether oxygens (including phenoxy) is 1. The first kappa shape index (κ1) is 16.7. The first-order chi connectivity index (χ1) is 12.1. The van der Waals surface area contributed by atoms with Crippen LogP contribution in [0.2, 0.25) is 0 Å². The second-order valence-corrected chi connectivity index (χ2v) is 5.90. The van der Waals surface area contributed by atoms with Gasteiger partial charge in [0.05, 0.1) is 0 Å². The normalized spacial score (nSPS) is 11.6. The minimum absolute atomic E-state index is 0.106. The van der Waals surface area contributed by atoms with Gasteiger partial charge in [-0.3, -0.25) is 14.4 Å². The van der Waals surface area contributed by atoms with E-state index in [1.807, 2.05) is 74.5 Å². The van der Waals surface area contributed by atoms with Gasteiger partial charge in [0.15, 0.2) is 0 Å². The summed E-state index contributed by atoms with van der Waals surface area (Å²) in [5.41, 5.74) is 1.18. The highest BCUT2D eigenvalue weighted by Gasteiger charge is 2.10. The molecule has 4 nitrogen and oxygen atoms in total. The van der Waals surface area contributed by atoms with Crippen LogP contribution < -0.4 is 10.2 Å². The number of rotatable bonds is 4. The number of carbonyl (C=O) groups excluding carboxylic acids is 1. The molecule has 0 spiro atoms. The van der Waals surface area contributed by atoms with E-state index in [1.165, 1.54) is 0 Å². The Bertz CT molecular complexity index is 928. The zero-order valence-corrected chi connectivity index (χ0v) is 14.3. The molecular weight excluding hydrogens is 312 g/mol. The molecule has 0 unspecified atom stereocenters. The van der Waals surface area contributed by atoms with Crippen molar-refractivity contribution < 1.29 is 9.53 Å². The first-order valence-corrected chi connectivity index (χ1v) is 8.23. The smallest absolute Gasteiger partial charge is 0.263 e. The number of aromatic nitrogens is 1. The SMILES string of the molecule is CC(C)N=c1ccccn1C(=O)c1cccc(Oc2ccccc2)c1. The van der Waals surface area contributed by atoms with E-state index in [-0.39, 0.29) is 11.9 Å². The van der Waals surface area contributed by atoms with Gasteiger partial charge in [0.2, 0.25) is 0 Å². The molecular formula is C21H20N2O2. The molecule has 1 heterocycles. The summed E-state index contributed by atoms with van der Waals surface area (Å²) in [5, 5.41) is 0. The van der Waals surface area contributed by atoms with E-state index in [0.717, 1.165) is 5.75 Å². The fourth-order valence-corrected chi connectivity index (χ4v) is 2.43. The second kappa shape index (κ2) is 7.62. The molecule has 1 aromatic heterocycles. The van der Waals surface area contributed by atoms with Crippen LogP contribution >= 0.6 is 0 Å². The number of benzene rings is 2. The van der Waals surface area contributed by atoms with Gasteiger partial charge in [0.1, 0.15) is 17.0 Å². The Kier molecular flexibility index (Phi) is 5.09. The maximum Gasteiger partial charge on any atom is 0.263 e. The number of hydrogen-bond donors (Lipinski definition) is 0.